The standard InChI is InChI=1S/C29H36ClN2/c1-8-9-17-32-25-15-13-20(2)18-22(25)29(5,6)27(32)12-10-11-26-28(3,4)23-19-21(30)14-16-24(23)31(26)7/h10-16,18-19H,8-9,17H2,1-7H3/q+1. The third kappa shape index (κ3) is 3.63. The number of halogens is 1. The highest BCUT2D eigenvalue weighted by Crippen LogP contribution is 2.48. The van der Waals surface area contributed by atoms with Crippen molar-refractivity contribution in [3.63, 3.8) is 0 Å². The second kappa shape index (κ2) is 8.23. The highest BCUT2D eigenvalue weighted by Gasteiger charge is 2.43. The molecule has 0 saturated carbocycles. The maximum atomic E-state index is 6.32. The van der Waals surface area contributed by atoms with Crippen LogP contribution in [0.15, 0.2) is 60.3 Å². The molecule has 0 aromatic heterocycles. The van der Waals surface area contributed by atoms with Crippen LogP contribution in [0.1, 0.15) is 64.2 Å². The number of hydrogen-bond donors (Lipinski definition) is 0. The molecule has 32 heavy (non-hydrogen) atoms. The number of hydrogen-bond acceptors (Lipinski definition) is 1. The van der Waals surface area contributed by atoms with Crippen molar-refractivity contribution in [3.8, 4) is 0 Å². The number of benzene rings is 2. The smallest absolute Gasteiger partial charge is 0.209 e. The molecule has 168 valence electrons. The molecule has 2 aromatic carbocycles. The third-order valence-electron chi connectivity index (χ3n) is 7.29. The number of aryl methyl sites for hydroxylation is 1. The number of nitrogens with zero attached hydrogens (tertiary/aromatic N) is 2. The summed E-state index contributed by atoms with van der Waals surface area (Å²) in [4.78, 5) is 2.53. The lowest BCUT2D eigenvalue weighted by molar-refractivity contribution is -0.401. The maximum absolute atomic E-state index is 6.32. The van der Waals surface area contributed by atoms with Crippen LogP contribution in [-0.4, -0.2) is 23.9 Å². The summed E-state index contributed by atoms with van der Waals surface area (Å²) in [5, 5.41) is 0.796. The van der Waals surface area contributed by atoms with Crippen LogP contribution in [0.2, 0.25) is 5.02 Å². The average molecular weight is 448 g/mol. The van der Waals surface area contributed by atoms with Gasteiger partial charge in [0.15, 0.2) is 5.71 Å². The summed E-state index contributed by atoms with van der Waals surface area (Å²) in [5.41, 5.74) is 9.20. The van der Waals surface area contributed by atoms with Gasteiger partial charge in [-0.05, 0) is 57.0 Å². The monoisotopic (exact) mass is 447 g/mol. The van der Waals surface area contributed by atoms with Crippen molar-refractivity contribution >= 4 is 28.7 Å². The zero-order valence-electron chi connectivity index (χ0n) is 20.6. The summed E-state index contributed by atoms with van der Waals surface area (Å²) in [7, 11) is 2.15. The van der Waals surface area contributed by atoms with Crippen LogP contribution >= 0.6 is 11.6 Å². The van der Waals surface area contributed by atoms with Crippen molar-refractivity contribution in [3.05, 3.63) is 82.0 Å². The van der Waals surface area contributed by atoms with E-state index in [9.17, 15) is 0 Å². The Bertz CT molecular complexity index is 1150. The third-order valence-corrected chi connectivity index (χ3v) is 7.52. The van der Waals surface area contributed by atoms with Crippen molar-refractivity contribution in [2.45, 2.75) is 65.2 Å². The van der Waals surface area contributed by atoms with Gasteiger partial charge in [-0.3, -0.25) is 0 Å². The van der Waals surface area contributed by atoms with Gasteiger partial charge >= 0.3 is 0 Å². The molecule has 4 rings (SSSR count). The van der Waals surface area contributed by atoms with Crippen molar-refractivity contribution in [2.24, 2.45) is 0 Å². The van der Waals surface area contributed by atoms with Gasteiger partial charge in [-0.1, -0.05) is 62.6 Å². The molecule has 0 unspecified atom stereocenters. The van der Waals surface area contributed by atoms with E-state index in [-0.39, 0.29) is 10.8 Å². The first-order valence-corrected chi connectivity index (χ1v) is 12.2. The molecule has 2 aliphatic heterocycles. The zero-order chi connectivity index (χ0) is 23.3. The molecule has 2 nitrogen and oxygen atoms in total. The second-order valence-electron chi connectivity index (χ2n) is 10.3. The molecule has 3 heteroatoms. The molecule has 0 N–H and O–H groups in total. The Balaban J connectivity index is 1.73. The number of fused-ring (bicyclic) bond motifs is 2. The minimum atomic E-state index is -0.0862. The summed E-state index contributed by atoms with van der Waals surface area (Å²) in [5.74, 6) is 0. The Hall–Kier alpha value is -2.32. The molecule has 0 bridgehead atoms. The quantitative estimate of drug-likeness (QED) is 0.425. The highest BCUT2D eigenvalue weighted by molar-refractivity contribution is 6.30. The molecule has 0 saturated heterocycles. The predicted octanol–water partition coefficient (Wildman–Crippen LogP) is 7.69. The van der Waals surface area contributed by atoms with E-state index in [1.807, 2.05) is 6.07 Å². The van der Waals surface area contributed by atoms with Crippen LogP contribution in [0.25, 0.3) is 0 Å². The van der Waals surface area contributed by atoms with Crippen molar-refractivity contribution in [1.82, 2.24) is 0 Å². The van der Waals surface area contributed by atoms with Crippen molar-refractivity contribution in [1.29, 1.82) is 0 Å². The first kappa shape index (κ1) is 22.9. The van der Waals surface area contributed by atoms with Crippen molar-refractivity contribution < 1.29 is 4.58 Å². The Morgan fingerprint density at radius 3 is 2.47 bits per heavy atom. The zero-order valence-corrected chi connectivity index (χ0v) is 21.3. The minimum absolute atomic E-state index is 0.0162. The van der Waals surface area contributed by atoms with E-state index in [2.05, 4.69) is 107 Å². The van der Waals surface area contributed by atoms with E-state index in [1.165, 1.54) is 52.3 Å². The predicted molar refractivity (Wildman–Crippen MR) is 139 cm³/mol. The summed E-state index contributed by atoms with van der Waals surface area (Å²) < 4.78 is 2.30. The molecule has 0 aliphatic carbocycles. The molecular weight excluding hydrogens is 412 g/mol. The van der Waals surface area contributed by atoms with Gasteiger partial charge in [-0.15, -0.1) is 0 Å². The molecule has 0 amide bonds. The van der Waals surface area contributed by atoms with Crippen LogP contribution in [0.3, 0.4) is 0 Å². The lowest BCUT2D eigenvalue weighted by atomic mass is 9.81. The minimum Gasteiger partial charge on any atom is -0.344 e. The SMILES string of the molecule is CCCCN1/C(=C/C=C/C2=[N+](C)c3ccc(Cl)cc3C2(C)C)C(C)(C)c2cc(C)ccc21. The fourth-order valence-electron chi connectivity index (χ4n) is 5.39. The van der Waals surface area contributed by atoms with E-state index >= 15 is 0 Å². The fraction of sp³-hybridized carbons (Fsp3) is 0.414. The van der Waals surface area contributed by atoms with Crippen molar-refractivity contribution in [2.75, 3.05) is 18.5 Å². The number of rotatable bonds is 5. The van der Waals surface area contributed by atoms with Crippen LogP contribution in [-0.2, 0) is 10.8 Å². The summed E-state index contributed by atoms with van der Waals surface area (Å²) in [6.07, 6.45) is 9.24. The number of unbranched alkanes of at least 4 members (excludes halogenated alkanes) is 1. The van der Waals surface area contributed by atoms with Gasteiger partial charge in [0.05, 0.1) is 5.41 Å². The maximum Gasteiger partial charge on any atom is 0.209 e. The Morgan fingerprint density at radius 2 is 1.75 bits per heavy atom. The highest BCUT2D eigenvalue weighted by atomic mass is 35.5. The van der Waals surface area contributed by atoms with Crippen LogP contribution < -0.4 is 4.90 Å². The van der Waals surface area contributed by atoms with Gasteiger partial charge in [0, 0.05) is 46.1 Å². The van der Waals surface area contributed by atoms with E-state index in [1.54, 1.807) is 0 Å². The first-order valence-electron chi connectivity index (χ1n) is 11.8. The summed E-state index contributed by atoms with van der Waals surface area (Å²) in [6.45, 7) is 14.8. The van der Waals surface area contributed by atoms with Gasteiger partial charge < -0.3 is 4.90 Å². The Morgan fingerprint density at radius 1 is 1.00 bits per heavy atom. The Kier molecular flexibility index (Phi) is 5.88. The van der Waals surface area contributed by atoms with E-state index < -0.39 is 0 Å². The lowest BCUT2D eigenvalue weighted by Gasteiger charge is -2.27. The lowest BCUT2D eigenvalue weighted by Crippen LogP contribution is -2.27. The molecular formula is C29H36ClN2+. The second-order valence-corrected chi connectivity index (χ2v) is 10.7. The number of anilines is 1. The molecule has 0 atom stereocenters. The molecule has 2 aromatic rings. The topological polar surface area (TPSA) is 6.25 Å². The molecule has 2 heterocycles. The molecule has 0 radical (unpaired) electrons. The fourth-order valence-corrected chi connectivity index (χ4v) is 5.56. The molecule has 0 spiro atoms. The van der Waals surface area contributed by atoms with E-state index in [4.69, 9.17) is 11.6 Å². The van der Waals surface area contributed by atoms with Crippen LogP contribution in [0, 0.1) is 6.92 Å². The average Bonchev–Trinajstić information content (AvgIpc) is 3.05. The normalized spacial score (nSPS) is 19.9. The Labute approximate surface area is 198 Å². The van der Waals surface area contributed by atoms with E-state index in [0.717, 1.165) is 11.6 Å². The largest absolute Gasteiger partial charge is 0.344 e. The molecule has 0 fully saturated rings. The first-order chi connectivity index (χ1) is 15.1. The van der Waals surface area contributed by atoms with E-state index in [0.29, 0.717) is 0 Å². The van der Waals surface area contributed by atoms with Gasteiger partial charge in [-0.2, -0.15) is 4.58 Å². The van der Waals surface area contributed by atoms with Gasteiger partial charge in [0.2, 0.25) is 5.69 Å². The van der Waals surface area contributed by atoms with Gasteiger partial charge in [0.25, 0.3) is 0 Å². The molecule has 2 aliphatic rings. The number of allylic oxidation sites excluding steroid dienone is 4. The van der Waals surface area contributed by atoms with Crippen LogP contribution in [0.5, 0.6) is 0 Å². The summed E-state index contributed by atoms with van der Waals surface area (Å²) >= 11 is 6.32. The van der Waals surface area contributed by atoms with Crippen LogP contribution in [0.4, 0.5) is 11.4 Å². The van der Waals surface area contributed by atoms with Gasteiger partial charge in [0.1, 0.15) is 7.05 Å². The summed E-state index contributed by atoms with van der Waals surface area (Å²) in [6, 6.07) is 13.1. The van der Waals surface area contributed by atoms with Gasteiger partial charge in [-0.25, -0.2) is 0 Å².